The minimum atomic E-state index is -0.322. The summed E-state index contributed by atoms with van der Waals surface area (Å²) in [6.07, 6.45) is 7.54. The molecule has 5 nitrogen and oxygen atoms in total. The van der Waals surface area contributed by atoms with Gasteiger partial charge in [0, 0.05) is 31.4 Å². The molecule has 0 heterocycles. The molecule has 146 valence electrons. The van der Waals surface area contributed by atoms with E-state index in [-0.39, 0.29) is 12.1 Å². The van der Waals surface area contributed by atoms with Crippen LogP contribution in [-0.4, -0.2) is 44.9 Å². The summed E-state index contributed by atoms with van der Waals surface area (Å²) in [5.41, 5.74) is 2.39. The molecule has 5 heteroatoms. The van der Waals surface area contributed by atoms with Crippen molar-refractivity contribution in [3.05, 3.63) is 29.3 Å². The van der Waals surface area contributed by atoms with Crippen molar-refractivity contribution >= 4 is 11.7 Å². The number of esters is 1. The standard InChI is InChI=1S/C21H34N2O3/c1-5-18(23-16-9-7-6-8-10-16)20(25-3)14-22-19-12-11-15(2)13-17(19)21(24)26-4/h11-13,16,18,20,22-23H,5-10,14H2,1-4H3. The number of nitrogens with one attached hydrogen (secondary N) is 2. The number of carbonyl (C=O) groups excluding carboxylic acids is 1. The van der Waals surface area contributed by atoms with E-state index in [0.29, 0.717) is 24.2 Å². The predicted molar refractivity (Wildman–Crippen MR) is 106 cm³/mol. The van der Waals surface area contributed by atoms with Gasteiger partial charge in [-0.3, -0.25) is 0 Å². The zero-order valence-corrected chi connectivity index (χ0v) is 16.6. The van der Waals surface area contributed by atoms with Gasteiger partial charge in [-0.05, 0) is 38.3 Å². The number of anilines is 1. The van der Waals surface area contributed by atoms with Crippen LogP contribution in [-0.2, 0) is 9.47 Å². The Morgan fingerprint density at radius 2 is 1.96 bits per heavy atom. The lowest BCUT2D eigenvalue weighted by Gasteiger charge is -2.32. The lowest BCUT2D eigenvalue weighted by atomic mass is 9.94. The predicted octanol–water partition coefficient (Wildman–Crippen LogP) is 3.91. The second kappa shape index (κ2) is 10.5. The van der Waals surface area contributed by atoms with E-state index in [9.17, 15) is 4.79 Å². The van der Waals surface area contributed by atoms with E-state index in [1.807, 2.05) is 25.1 Å². The average molecular weight is 363 g/mol. The van der Waals surface area contributed by atoms with Crippen LogP contribution in [0.15, 0.2) is 18.2 Å². The van der Waals surface area contributed by atoms with Gasteiger partial charge in [0.1, 0.15) is 0 Å². The lowest BCUT2D eigenvalue weighted by molar-refractivity contribution is 0.0600. The van der Waals surface area contributed by atoms with Gasteiger partial charge in [-0.1, -0.05) is 37.8 Å². The van der Waals surface area contributed by atoms with Gasteiger partial charge in [0.2, 0.25) is 0 Å². The zero-order chi connectivity index (χ0) is 18.9. The molecule has 2 N–H and O–H groups in total. The molecular formula is C21H34N2O3. The number of carbonyl (C=O) groups is 1. The minimum Gasteiger partial charge on any atom is -0.465 e. The molecule has 0 saturated heterocycles. The van der Waals surface area contributed by atoms with Crippen LogP contribution in [0.4, 0.5) is 5.69 Å². The van der Waals surface area contributed by atoms with E-state index in [2.05, 4.69) is 17.6 Å². The quantitative estimate of drug-likeness (QED) is 0.652. The van der Waals surface area contributed by atoms with Crippen LogP contribution in [0.25, 0.3) is 0 Å². The van der Waals surface area contributed by atoms with Crippen molar-refractivity contribution in [2.75, 3.05) is 26.1 Å². The first-order chi connectivity index (χ1) is 12.6. The maximum Gasteiger partial charge on any atom is 0.339 e. The third kappa shape index (κ3) is 5.71. The smallest absolute Gasteiger partial charge is 0.339 e. The summed E-state index contributed by atoms with van der Waals surface area (Å²) in [6, 6.07) is 6.67. The largest absolute Gasteiger partial charge is 0.465 e. The maximum absolute atomic E-state index is 12.0. The van der Waals surface area contributed by atoms with Gasteiger partial charge >= 0.3 is 5.97 Å². The van der Waals surface area contributed by atoms with Crippen molar-refractivity contribution in [3.63, 3.8) is 0 Å². The Kier molecular flexibility index (Phi) is 8.39. The number of methoxy groups -OCH3 is 2. The first-order valence-electron chi connectivity index (χ1n) is 9.80. The molecule has 1 aromatic rings. The van der Waals surface area contributed by atoms with E-state index in [1.54, 1.807) is 7.11 Å². The maximum atomic E-state index is 12.0. The van der Waals surface area contributed by atoms with Crippen LogP contribution in [0, 0.1) is 6.92 Å². The highest BCUT2D eigenvalue weighted by atomic mass is 16.5. The number of hydrogen-bond acceptors (Lipinski definition) is 5. The zero-order valence-electron chi connectivity index (χ0n) is 16.6. The molecule has 0 amide bonds. The van der Waals surface area contributed by atoms with Crippen LogP contribution in [0.2, 0.25) is 0 Å². The van der Waals surface area contributed by atoms with E-state index >= 15 is 0 Å². The highest BCUT2D eigenvalue weighted by Crippen LogP contribution is 2.21. The fraction of sp³-hybridized carbons (Fsp3) is 0.667. The SMILES string of the molecule is CCC(NC1CCCCC1)C(CNc1ccc(C)cc1C(=O)OC)OC. The number of aryl methyl sites for hydroxylation is 1. The van der Waals surface area contributed by atoms with Gasteiger partial charge in [-0.2, -0.15) is 0 Å². The van der Waals surface area contributed by atoms with Crippen molar-refractivity contribution in [1.82, 2.24) is 5.32 Å². The fourth-order valence-electron chi connectivity index (χ4n) is 3.75. The van der Waals surface area contributed by atoms with Crippen LogP contribution in [0.3, 0.4) is 0 Å². The third-order valence-electron chi connectivity index (χ3n) is 5.32. The molecule has 0 aromatic heterocycles. The minimum absolute atomic E-state index is 0.0359. The molecule has 1 aliphatic rings. The second-order valence-corrected chi connectivity index (χ2v) is 7.21. The van der Waals surface area contributed by atoms with Gasteiger partial charge in [0.15, 0.2) is 0 Å². The summed E-state index contributed by atoms with van der Waals surface area (Å²) >= 11 is 0. The summed E-state index contributed by atoms with van der Waals surface area (Å²) in [7, 11) is 3.17. The fourth-order valence-corrected chi connectivity index (χ4v) is 3.75. The van der Waals surface area contributed by atoms with Crippen LogP contribution in [0.1, 0.15) is 61.4 Å². The molecular weight excluding hydrogens is 328 g/mol. The topological polar surface area (TPSA) is 59.6 Å². The first kappa shape index (κ1) is 20.7. The molecule has 1 aromatic carbocycles. The molecule has 2 atom stereocenters. The van der Waals surface area contributed by atoms with Gasteiger partial charge in [0.25, 0.3) is 0 Å². The van der Waals surface area contributed by atoms with Crippen LogP contribution < -0.4 is 10.6 Å². The number of benzene rings is 1. The second-order valence-electron chi connectivity index (χ2n) is 7.21. The molecule has 0 bridgehead atoms. The molecule has 1 saturated carbocycles. The summed E-state index contributed by atoms with van der Waals surface area (Å²) in [5, 5.41) is 7.19. The van der Waals surface area contributed by atoms with Crippen molar-refractivity contribution in [3.8, 4) is 0 Å². The Bertz CT molecular complexity index is 570. The van der Waals surface area contributed by atoms with E-state index < -0.39 is 0 Å². The molecule has 1 fully saturated rings. The van der Waals surface area contributed by atoms with Crippen molar-refractivity contribution in [2.24, 2.45) is 0 Å². The Hall–Kier alpha value is -1.59. The monoisotopic (exact) mass is 362 g/mol. The number of rotatable bonds is 9. The molecule has 0 aliphatic heterocycles. The van der Waals surface area contributed by atoms with Gasteiger partial charge in [0.05, 0.1) is 18.8 Å². The Morgan fingerprint density at radius 3 is 2.58 bits per heavy atom. The summed E-state index contributed by atoms with van der Waals surface area (Å²) in [6.45, 7) is 4.80. The van der Waals surface area contributed by atoms with E-state index in [4.69, 9.17) is 9.47 Å². The molecule has 0 radical (unpaired) electrons. The van der Waals surface area contributed by atoms with E-state index in [0.717, 1.165) is 17.7 Å². The molecule has 0 spiro atoms. The lowest BCUT2D eigenvalue weighted by Crippen LogP contribution is -2.49. The van der Waals surface area contributed by atoms with Crippen molar-refractivity contribution < 1.29 is 14.3 Å². The highest BCUT2D eigenvalue weighted by molar-refractivity contribution is 5.95. The normalized spacial score (nSPS) is 17.5. The molecule has 26 heavy (non-hydrogen) atoms. The first-order valence-corrected chi connectivity index (χ1v) is 9.80. The Balaban J connectivity index is 2.01. The van der Waals surface area contributed by atoms with Crippen molar-refractivity contribution in [2.45, 2.75) is 70.6 Å². The third-order valence-corrected chi connectivity index (χ3v) is 5.32. The Morgan fingerprint density at radius 1 is 1.23 bits per heavy atom. The summed E-state index contributed by atoms with van der Waals surface area (Å²) in [4.78, 5) is 12.0. The molecule has 1 aliphatic carbocycles. The molecule has 2 rings (SSSR count). The highest BCUT2D eigenvalue weighted by Gasteiger charge is 2.24. The summed E-state index contributed by atoms with van der Waals surface area (Å²) < 4.78 is 10.7. The van der Waals surface area contributed by atoms with Crippen molar-refractivity contribution in [1.29, 1.82) is 0 Å². The summed E-state index contributed by atoms with van der Waals surface area (Å²) in [5.74, 6) is -0.322. The van der Waals surface area contributed by atoms with Crippen LogP contribution >= 0.6 is 0 Å². The number of hydrogen-bond donors (Lipinski definition) is 2. The van der Waals surface area contributed by atoms with Gasteiger partial charge < -0.3 is 20.1 Å². The average Bonchev–Trinajstić information content (AvgIpc) is 2.68. The van der Waals surface area contributed by atoms with E-state index in [1.165, 1.54) is 39.2 Å². The van der Waals surface area contributed by atoms with Gasteiger partial charge in [-0.15, -0.1) is 0 Å². The Labute approximate surface area is 157 Å². The molecule has 2 unspecified atom stereocenters. The number of ether oxygens (including phenoxy) is 2. The van der Waals surface area contributed by atoms with Gasteiger partial charge in [-0.25, -0.2) is 4.79 Å². The van der Waals surface area contributed by atoms with Crippen LogP contribution in [0.5, 0.6) is 0 Å².